The van der Waals surface area contributed by atoms with E-state index in [0.29, 0.717) is 12.1 Å². The Morgan fingerprint density at radius 2 is 1.86 bits per heavy atom. The van der Waals surface area contributed by atoms with E-state index in [1.54, 1.807) is 0 Å². The van der Waals surface area contributed by atoms with Gasteiger partial charge in [-0.25, -0.2) is 0 Å². The summed E-state index contributed by atoms with van der Waals surface area (Å²) in [6.45, 7) is 5.20. The highest BCUT2D eigenvalue weighted by atomic mass is 16.5. The fourth-order valence-electron chi connectivity index (χ4n) is 3.03. The van der Waals surface area contributed by atoms with Crippen molar-refractivity contribution in [1.29, 1.82) is 0 Å². The average molecular weight is 281 g/mol. The molecule has 2 aromatic carbocycles. The molecule has 2 aromatic rings. The SMILES string of the molecule is CC(C)NC1CCCOc2c(-c3ccccc3)cccc21. The smallest absolute Gasteiger partial charge is 0.131 e. The molecule has 1 N–H and O–H groups in total. The number of fused-ring (bicyclic) bond motifs is 1. The van der Waals surface area contributed by atoms with Gasteiger partial charge in [-0.2, -0.15) is 0 Å². The highest BCUT2D eigenvalue weighted by Gasteiger charge is 2.22. The Labute approximate surface area is 127 Å². The van der Waals surface area contributed by atoms with Gasteiger partial charge in [-0.3, -0.25) is 0 Å². The molecule has 1 heterocycles. The summed E-state index contributed by atoms with van der Waals surface area (Å²) in [7, 11) is 0. The zero-order valence-corrected chi connectivity index (χ0v) is 12.8. The third kappa shape index (κ3) is 3.11. The summed E-state index contributed by atoms with van der Waals surface area (Å²) in [5.41, 5.74) is 3.72. The monoisotopic (exact) mass is 281 g/mol. The average Bonchev–Trinajstić information content (AvgIpc) is 2.70. The van der Waals surface area contributed by atoms with E-state index in [1.807, 2.05) is 0 Å². The molecule has 1 aliphatic heterocycles. The minimum atomic E-state index is 0.381. The van der Waals surface area contributed by atoms with Crippen molar-refractivity contribution in [3.05, 3.63) is 54.1 Å². The van der Waals surface area contributed by atoms with Crippen LogP contribution in [0.4, 0.5) is 0 Å². The molecular weight excluding hydrogens is 258 g/mol. The van der Waals surface area contributed by atoms with Crippen LogP contribution >= 0.6 is 0 Å². The van der Waals surface area contributed by atoms with E-state index >= 15 is 0 Å². The topological polar surface area (TPSA) is 21.3 Å². The number of rotatable bonds is 3. The number of para-hydroxylation sites is 1. The molecule has 1 unspecified atom stereocenters. The summed E-state index contributed by atoms with van der Waals surface area (Å²) in [4.78, 5) is 0. The molecule has 0 bridgehead atoms. The lowest BCUT2D eigenvalue weighted by atomic mass is 9.96. The quantitative estimate of drug-likeness (QED) is 0.890. The molecule has 3 rings (SSSR count). The van der Waals surface area contributed by atoms with Crippen LogP contribution in [0.25, 0.3) is 11.1 Å². The molecule has 0 amide bonds. The first-order chi connectivity index (χ1) is 10.3. The summed E-state index contributed by atoms with van der Waals surface area (Å²) >= 11 is 0. The summed E-state index contributed by atoms with van der Waals surface area (Å²) in [5, 5.41) is 3.68. The van der Waals surface area contributed by atoms with E-state index in [4.69, 9.17) is 4.74 Å². The standard InChI is InChI=1S/C19H23NO/c1-14(2)20-18-12-7-13-21-19-16(10-6-11-17(18)19)15-8-4-3-5-9-15/h3-6,8-11,14,18,20H,7,12-13H2,1-2H3. The van der Waals surface area contributed by atoms with E-state index in [2.05, 4.69) is 67.7 Å². The second-order valence-electron chi connectivity index (χ2n) is 5.95. The molecule has 1 aliphatic rings. The van der Waals surface area contributed by atoms with Gasteiger partial charge in [-0.1, -0.05) is 62.4 Å². The minimum Gasteiger partial charge on any atom is -0.493 e. The number of ether oxygens (including phenoxy) is 1. The molecule has 0 aliphatic carbocycles. The summed E-state index contributed by atoms with van der Waals surface area (Å²) in [5.74, 6) is 1.05. The fourth-order valence-corrected chi connectivity index (χ4v) is 3.03. The summed E-state index contributed by atoms with van der Waals surface area (Å²) in [6, 6.07) is 17.9. The molecule has 2 heteroatoms. The van der Waals surface area contributed by atoms with Gasteiger partial charge in [0.2, 0.25) is 0 Å². The lowest BCUT2D eigenvalue weighted by molar-refractivity contribution is 0.315. The van der Waals surface area contributed by atoms with Crippen molar-refractivity contribution in [2.75, 3.05) is 6.61 Å². The van der Waals surface area contributed by atoms with Crippen LogP contribution in [0, 0.1) is 0 Å². The molecule has 0 spiro atoms. The van der Waals surface area contributed by atoms with Gasteiger partial charge in [-0.15, -0.1) is 0 Å². The summed E-state index contributed by atoms with van der Waals surface area (Å²) < 4.78 is 6.11. The van der Waals surface area contributed by atoms with Crippen molar-refractivity contribution >= 4 is 0 Å². The second-order valence-corrected chi connectivity index (χ2v) is 5.95. The Balaban J connectivity index is 2.05. The zero-order valence-electron chi connectivity index (χ0n) is 12.8. The Kier molecular flexibility index (Phi) is 4.26. The maximum Gasteiger partial charge on any atom is 0.131 e. The number of benzene rings is 2. The second kappa shape index (κ2) is 6.31. The Morgan fingerprint density at radius 1 is 1.05 bits per heavy atom. The lowest BCUT2D eigenvalue weighted by Crippen LogP contribution is -2.27. The van der Waals surface area contributed by atoms with E-state index in [-0.39, 0.29) is 0 Å². The Morgan fingerprint density at radius 3 is 2.62 bits per heavy atom. The van der Waals surface area contributed by atoms with Crippen LogP contribution in [0.3, 0.4) is 0 Å². The van der Waals surface area contributed by atoms with Gasteiger partial charge < -0.3 is 10.1 Å². The Hall–Kier alpha value is -1.80. The number of nitrogens with one attached hydrogen (secondary N) is 1. The largest absolute Gasteiger partial charge is 0.493 e. The highest BCUT2D eigenvalue weighted by Crippen LogP contribution is 2.39. The lowest BCUT2D eigenvalue weighted by Gasteiger charge is -2.22. The first-order valence-corrected chi connectivity index (χ1v) is 7.83. The predicted molar refractivity (Wildman–Crippen MR) is 87.6 cm³/mol. The van der Waals surface area contributed by atoms with Crippen molar-refractivity contribution in [2.45, 2.75) is 38.8 Å². The Bertz CT molecular complexity index is 592. The predicted octanol–water partition coefficient (Wildman–Crippen LogP) is 4.57. The molecule has 2 nitrogen and oxygen atoms in total. The van der Waals surface area contributed by atoms with Gasteiger partial charge >= 0.3 is 0 Å². The van der Waals surface area contributed by atoms with Gasteiger partial charge in [0.1, 0.15) is 5.75 Å². The minimum absolute atomic E-state index is 0.381. The van der Waals surface area contributed by atoms with Gasteiger partial charge in [-0.05, 0) is 18.4 Å². The highest BCUT2D eigenvalue weighted by molar-refractivity contribution is 5.72. The van der Waals surface area contributed by atoms with Crippen LogP contribution in [0.1, 0.15) is 38.3 Å². The first kappa shape index (κ1) is 14.2. The number of hydrogen-bond acceptors (Lipinski definition) is 2. The molecule has 21 heavy (non-hydrogen) atoms. The van der Waals surface area contributed by atoms with Crippen LogP contribution in [-0.4, -0.2) is 12.6 Å². The molecule has 1 atom stereocenters. The molecule has 0 fully saturated rings. The molecule has 0 aromatic heterocycles. The number of hydrogen-bond donors (Lipinski definition) is 1. The van der Waals surface area contributed by atoms with Crippen molar-refractivity contribution in [3.63, 3.8) is 0 Å². The normalized spacial score (nSPS) is 18.0. The van der Waals surface area contributed by atoms with Crippen molar-refractivity contribution in [2.24, 2.45) is 0 Å². The molecule has 0 saturated carbocycles. The third-order valence-corrected chi connectivity index (χ3v) is 3.92. The van der Waals surface area contributed by atoms with Gasteiger partial charge in [0.15, 0.2) is 0 Å². The summed E-state index contributed by atoms with van der Waals surface area (Å²) in [6.07, 6.45) is 2.22. The van der Waals surface area contributed by atoms with Crippen molar-refractivity contribution in [1.82, 2.24) is 5.32 Å². The fraction of sp³-hybridized carbons (Fsp3) is 0.368. The molecule has 110 valence electrons. The van der Waals surface area contributed by atoms with Gasteiger partial charge in [0.25, 0.3) is 0 Å². The molecular formula is C19H23NO. The van der Waals surface area contributed by atoms with E-state index in [9.17, 15) is 0 Å². The third-order valence-electron chi connectivity index (χ3n) is 3.92. The maximum atomic E-state index is 6.11. The molecule has 0 saturated heterocycles. The van der Waals surface area contributed by atoms with Crippen LogP contribution in [0.15, 0.2) is 48.5 Å². The van der Waals surface area contributed by atoms with Crippen LogP contribution in [0.2, 0.25) is 0 Å². The zero-order chi connectivity index (χ0) is 14.7. The van der Waals surface area contributed by atoms with Gasteiger partial charge in [0.05, 0.1) is 6.61 Å². The maximum absolute atomic E-state index is 6.11. The van der Waals surface area contributed by atoms with Crippen molar-refractivity contribution < 1.29 is 4.74 Å². The van der Waals surface area contributed by atoms with E-state index < -0.39 is 0 Å². The van der Waals surface area contributed by atoms with Crippen LogP contribution in [-0.2, 0) is 0 Å². The van der Waals surface area contributed by atoms with E-state index in [1.165, 1.54) is 16.7 Å². The molecule has 0 radical (unpaired) electrons. The first-order valence-electron chi connectivity index (χ1n) is 7.83. The van der Waals surface area contributed by atoms with E-state index in [0.717, 1.165) is 25.2 Å². The van der Waals surface area contributed by atoms with Crippen LogP contribution in [0.5, 0.6) is 5.75 Å². The van der Waals surface area contributed by atoms with Gasteiger partial charge in [0, 0.05) is 23.2 Å². The van der Waals surface area contributed by atoms with Crippen molar-refractivity contribution in [3.8, 4) is 16.9 Å². The van der Waals surface area contributed by atoms with Crippen LogP contribution < -0.4 is 10.1 Å².